The Labute approximate surface area is 119 Å². The number of para-hydroxylation sites is 1. The molecule has 2 N–H and O–H groups in total. The maximum atomic E-state index is 12.1. The maximum absolute atomic E-state index is 12.1. The Kier molecular flexibility index (Phi) is 3.19. The summed E-state index contributed by atoms with van der Waals surface area (Å²) in [7, 11) is 0. The summed E-state index contributed by atoms with van der Waals surface area (Å²) in [5, 5.41) is 11.8. The lowest BCUT2D eigenvalue weighted by Gasteiger charge is -2.13. The highest BCUT2D eigenvalue weighted by atomic mass is 16.3. The van der Waals surface area contributed by atoms with E-state index >= 15 is 0 Å². The molecule has 2 aromatic rings. The largest absolute Gasteiger partial charge is 0.441 e. The molecule has 0 atom stereocenters. The predicted molar refractivity (Wildman–Crippen MR) is 74.3 cm³/mol. The molecular weight excluding hydrogens is 274 g/mol. The van der Waals surface area contributed by atoms with Gasteiger partial charge < -0.3 is 14.8 Å². The van der Waals surface area contributed by atoms with Crippen LogP contribution in [0.3, 0.4) is 0 Å². The highest BCUT2D eigenvalue weighted by Gasteiger charge is 2.30. The minimum atomic E-state index is -0.466. The number of aryl methyl sites for hydroxylation is 1. The molecule has 0 radical (unpaired) electrons. The zero-order valence-corrected chi connectivity index (χ0v) is 11.3. The molecule has 3 rings (SSSR count). The quantitative estimate of drug-likeness (QED) is 0.807. The number of benzene rings is 1. The third-order valence-corrected chi connectivity index (χ3v) is 3.13. The average molecular weight is 287 g/mol. The van der Waals surface area contributed by atoms with Crippen LogP contribution < -0.4 is 5.32 Å². The van der Waals surface area contributed by atoms with E-state index < -0.39 is 11.8 Å². The van der Waals surface area contributed by atoms with Crippen molar-refractivity contribution in [2.24, 2.45) is 0 Å². The topological polar surface area (TPSA) is 95.7 Å². The van der Waals surface area contributed by atoms with E-state index in [4.69, 9.17) is 9.52 Å². The molecule has 1 aliphatic heterocycles. The smallest absolute Gasteiger partial charge is 0.277 e. The number of aromatic nitrogens is 1. The van der Waals surface area contributed by atoms with Crippen molar-refractivity contribution in [2.45, 2.75) is 6.92 Å². The zero-order valence-electron chi connectivity index (χ0n) is 11.3. The average Bonchev–Trinajstić information content (AvgIpc) is 2.94. The van der Waals surface area contributed by atoms with E-state index in [1.165, 1.54) is 6.08 Å². The summed E-state index contributed by atoms with van der Waals surface area (Å²) < 4.78 is 5.41. The summed E-state index contributed by atoms with van der Waals surface area (Å²) in [6, 6.07) is 5.29. The van der Waals surface area contributed by atoms with E-state index in [-0.39, 0.29) is 18.8 Å². The van der Waals surface area contributed by atoms with Crippen LogP contribution in [0.1, 0.15) is 5.89 Å². The number of fused-ring (bicyclic) bond motifs is 1. The molecule has 2 amide bonds. The van der Waals surface area contributed by atoms with Crippen molar-refractivity contribution >= 4 is 28.6 Å². The number of oxazole rings is 1. The number of amides is 2. The molecule has 7 nitrogen and oxygen atoms in total. The lowest BCUT2D eigenvalue weighted by molar-refractivity contribution is -0.137. The van der Waals surface area contributed by atoms with E-state index in [0.29, 0.717) is 22.7 Å². The molecule has 1 aliphatic rings. The molecule has 0 unspecified atom stereocenters. The van der Waals surface area contributed by atoms with Crippen LogP contribution in [0.5, 0.6) is 0 Å². The van der Waals surface area contributed by atoms with Crippen LogP contribution in [-0.2, 0) is 9.59 Å². The first-order valence-corrected chi connectivity index (χ1v) is 6.41. The summed E-state index contributed by atoms with van der Waals surface area (Å²) in [5.41, 5.74) is 1.93. The second-order valence-corrected chi connectivity index (χ2v) is 4.59. The van der Waals surface area contributed by atoms with Gasteiger partial charge in [-0.3, -0.25) is 14.5 Å². The number of anilines is 1. The molecule has 1 aromatic carbocycles. The Hall–Kier alpha value is -2.67. The number of β-amino-alcohol motifs (C(OH)–C–C–N with tert-alkyl or cyclic N) is 1. The Morgan fingerprint density at radius 2 is 2.19 bits per heavy atom. The number of carbonyl (C=O) groups excluding carboxylic acids is 2. The van der Waals surface area contributed by atoms with Gasteiger partial charge in [0, 0.05) is 13.0 Å². The number of nitrogens with one attached hydrogen (secondary N) is 1. The lowest BCUT2D eigenvalue weighted by atomic mass is 10.2. The first-order chi connectivity index (χ1) is 10.1. The fourth-order valence-corrected chi connectivity index (χ4v) is 2.22. The van der Waals surface area contributed by atoms with Gasteiger partial charge in [0.25, 0.3) is 11.8 Å². The van der Waals surface area contributed by atoms with Crippen LogP contribution in [0.4, 0.5) is 5.69 Å². The van der Waals surface area contributed by atoms with Gasteiger partial charge in [-0.2, -0.15) is 0 Å². The summed E-state index contributed by atoms with van der Waals surface area (Å²) >= 11 is 0. The lowest BCUT2D eigenvalue weighted by Crippen LogP contribution is -2.34. The van der Waals surface area contributed by atoms with Crippen molar-refractivity contribution in [3.8, 4) is 0 Å². The number of rotatable bonds is 4. The van der Waals surface area contributed by atoms with E-state index in [9.17, 15) is 9.59 Å². The van der Waals surface area contributed by atoms with Crippen LogP contribution in [-0.4, -0.2) is 40.0 Å². The van der Waals surface area contributed by atoms with Gasteiger partial charge in [0.05, 0.1) is 18.8 Å². The Balaban J connectivity index is 1.91. The second-order valence-electron chi connectivity index (χ2n) is 4.59. The number of imide groups is 1. The molecule has 0 saturated heterocycles. The van der Waals surface area contributed by atoms with Crippen LogP contribution in [0.2, 0.25) is 0 Å². The van der Waals surface area contributed by atoms with Gasteiger partial charge in [-0.15, -0.1) is 0 Å². The molecule has 0 spiro atoms. The molecule has 21 heavy (non-hydrogen) atoms. The fourth-order valence-electron chi connectivity index (χ4n) is 2.22. The van der Waals surface area contributed by atoms with Crippen LogP contribution in [0.15, 0.2) is 34.4 Å². The SMILES string of the molecule is Cc1nc2c(NC3=CC(=O)N(CCO)C3=O)cccc2o1. The van der Waals surface area contributed by atoms with Gasteiger partial charge in [0.15, 0.2) is 11.5 Å². The molecule has 108 valence electrons. The fraction of sp³-hybridized carbons (Fsp3) is 0.214. The number of carbonyl (C=O) groups is 2. The van der Waals surface area contributed by atoms with E-state index in [1.807, 2.05) is 0 Å². The van der Waals surface area contributed by atoms with Crippen molar-refractivity contribution in [2.75, 3.05) is 18.5 Å². The van der Waals surface area contributed by atoms with Crippen LogP contribution in [0.25, 0.3) is 11.1 Å². The summed E-state index contributed by atoms with van der Waals surface area (Å²) in [5.74, 6) is -0.393. The number of hydrogen-bond acceptors (Lipinski definition) is 6. The van der Waals surface area contributed by atoms with Crippen LogP contribution >= 0.6 is 0 Å². The summed E-state index contributed by atoms with van der Waals surface area (Å²) in [6.45, 7) is 1.44. The molecule has 0 bridgehead atoms. The van der Waals surface area contributed by atoms with Gasteiger partial charge in [-0.1, -0.05) is 6.07 Å². The monoisotopic (exact) mass is 287 g/mol. The number of aliphatic hydroxyl groups is 1. The molecule has 0 aliphatic carbocycles. The van der Waals surface area contributed by atoms with Crippen molar-refractivity contribution < 1.29 is 19.1 Å². The van der Waals surface area contributed by atoms with Crippen molar-refractivity contribution in [1.29, 1.82) is 0 Å². The highest BCUT2D eigenvalue weighted by Crippen LogP contribution is 2.26. The summed E-state index contributed by atoms with van der Waals surface area (Å²) in [4.78, 5) is 29.0. The maximum Gasteiger partial charge on any atom is 0.277 e. The van der Waals surface area contributed by atoms with E-state index in [2.05, 4.69) is 10.3 Å². The second kappa shape index (κ2) is 5.02. The molecule has 0 fully saturated rings. The zero-order chi connectivity index (χ0) is 15.0. The highest BCUT2D eigenvalue weighted by molar-refractivity contribution is 6.17. The normalized spacial score (nSPS) is 15.0. The number of aliphatic hydroxyl groups excluding tert-OH is 1. The molecule has 7 heteroatoms. The minimum Gasteiger partial charge on any atom is -0.441 e. The third kappa shape index (κ3) is 2.27. The first-order valence-electron chi connectivity index (χ1n) is 6.41. The molecular formula is C14H13N3O4. The van der Waals surface area contributed by atoms with E-state index in [1.54, 1.807) is 25.1 Å². The first kappa shape index (κ1) is 13.3. The third-order valence-electron chi connectivity index (χ3n) is 3.13. The van der Waals surface area contributed by atoms with Gasteiger partial charge in [0.2, 0.25) is 0 Å². The Morgan fingerprint density at radius 3 is 2.95 bits per heavy atom. The molecule has 2 heterocycles. The Morgan fingerprint density at radius 1 is 1.38 bits per heavy atom. The standard InChI is InChI=1S/C14H13N3O4/c1-8-15-13-9(3-2-4-11(13)21-8)16-10-7-12(19)17(5-6-18)14(10)20/h2-4,7,16,18H,5-6H2,1H3. The minimum absolute atomic E-state index is 0.0212. The summed E-state index contributed by atoms with van der Waals surface area (Å²) in [6.07, 6.45) is 1.21. The molecule has 1 aromatic heterocycles. The number of nitrogens with zero attached hydrogens (tertiary/aromatic N) is 2. The van der Waals surface area contributed by atoms with Crippen molar-refractivity contribution in [3.05, 3.63) is 35.9 Å². The van der Waals surface area contributed by atoms with E-state index in [0.717, 1.165) is 4.90 Å². The van der Waals surface area contributed by atoms with Gasteiger partial charge in [-0.05, 0) is 12.1 Å². The number of hydrogen-bond donors (Lipinski definition) is 2. The van der Waals surface area contributed by atoms with Crippen LogP contribution in [0, 0.1) is 6.92 Å². The van der Waals surface area contributed by atoms with Gasteiger partial charge in [0.1, 0.15) is 11.2 Å². The van der Waals surface area contributed by atoms with Crippen molar-refractivity contribution in [1.82, 2.24) is 9.88 Å². The predicted octanol–water partition coefficient (Wildman–Crippen LogP) is 0.793. The van der Waals surface area contributed by atoms with Gasteiger partial charge >= 0.3 is 0 Å². The van der Waals surface area contributed by atoms with Gasteiger partial charge in [-0.25, -0.2) is 4.98 Å². The Bertz CT molecular complexity index is 763. The van der Waals surface area contributed by atoms with Crippen molar-refractivity contribution in [3.63, 3.8) is 0 Å². The molecule has 0 saturated carbocycles.